The van der Waals surface area contributed by atoms with Crippen LogP contribution in [0.5, 0.6) is 5.75 Å². The van der Waals surface area contributed by atoms with Gasteiger partial charge >= 0.3 is 5.97 Å². The van der Waals surface area contributed by atoms with Crippen LogP contribution in [0.15, 0.2) is 59.5 Å². The number of benzene rings is 2. The maximum absolute atomic E-state index is 11.7. The lowest BCUT2D eigenvalue weighted by Gasteiger charge is -2.05. The van der Waals surface area contributed by atoms with Crippen molar-refractivity contribution in [3.63, 3.8) is 0 Å². The Morgan fingerprint density at radius 3 is 2.21 bits per heavy atom. The number of ether oxygens (including phenoxy) is 1. The normalized spacial score (nSPS) is 11.2. The number of aryl methyl sites for hydroxylation is 1. The second-order valence-corrected chi connectivity index (χ2v) is 6.89. The van der Waals surface area contributed by atoms with Gasteiger partial charge in [-0.05, 0) is 49.1 Å². The van der Waals surface area contributed by atoms with E-state index in [1.165, 1.54) is 29.8 Å². The summed E-state index contributed by atoms with van der Waals surface area (Å²) in [6.07, 6.45) is 4.00. The van der Waals surface area contributed by atoms with Crippen LogP contribution in [-0.2, 0) is 21.3 Å². The van der Waals surface area contributed by atoms with Gasteiger partial charge in [0.25, 0.3) is 10.1 Å². The number of carbonyl (C=O) groups is 1. The topological polar surface area (TPSA) is 80.7 Å². The summed E-state index contributed by atoms with van der Waals surface area (Å²) in [5.74, 6) is -0.0917. The minimum Gasteiger partial charge on any atom is -0.427 e. The zero-order chi connectivity index (χ0) is 17.4. The first-order chi connectivity index (χ1) is 11.4. The number of esters is 1. The summed E-state index contributed by atoms with van der Waals surface area (Å²) in [7, 11) is -4.23. The molecule has 0 aliphatic rings. The fraction of sp³-hybridized carbons (Fsp3) is 0.278. The van der Waals surface area contributed by atoms with Gasteiger partial charge in [0.2, 0.25) is 0 Å². The highest BCUT2D eigenvalue weighted by Gasteiger charge is 2.10. The molecule has 0 aliphatic heterocycles. The van der Waals surface area contributed by atoms with E-state index in [0.717, 1.165) is 25.7 Å². The third kappa shape index (κ3) is 6.14. The van der Waals surface area contributed by atoms with Gasteiger partial charge in [0.1, 0.15) is 5.75 Å². The lowest BCUT2D eigenvalue weighted by atomic mass is 10.1. The Morgan fingerprint density at radius 2 is 1.58 bits per heavy atom. The van der Waals surface area contributed by atoms with Crippen LogP contribution in [0, 0.1) is 0 Å². The first-order valence-corrected chi connectivity index (χ1v) is 9.21. The molecule has 0 saturated heterocycles. The molecule has 0 fully saturated rings. The molecule has 0 bridgehead atoms. The Morgan fingerprint density at radius 1 is 0.917 bits per heavy atom. The van der Waals surface area contributed by atoms with Crippen LogP contribution in [0.2, 0.25) is 0 Å². The van der Waals surface area contributed by atoms with Crippen LogP contribution in [0.1, 0.15) is 31.2 Å². The molecule has 6 heteroatoms. The number of carbonyl (C=O) groups excluding carboxylic acids is 1. The molecule has 0 spiro atoms. The van der Waals surface area contributed by atoms with Crippen molar-refractivity contribution in [1.29, 1.82) is 0 Å². The number of rotatable bonds is 8. The van der Waals surface area contributed by atoms with Crippen LogP contribution < -0.4 is 4.74 Å². The van der Waals surface area contributed by atoms with Crippen molar-refractivity contribution in [2.75, 3.05) is 0 Å². The summed E-state index contributed by atoms with van der Waals surface area (Å²) in [6.45, 7) is 0. The molecule has 2 rings (SSSR count). The highest BCUT2D eigenvalue weighted by Crippen LogP contribution is 2.16. The Bertz CT molecular complexity index is 752. The third-order valence-electron chi connectivity index (χ3n) is 3.54. The molecule has 0 atom stereocenters. The van der Waals surface area contributed by atoms with Gasteiger partial charge in [0.15, 0.2) is 0 Å². The predicted octanol–water partition coefficient (Wildman–Crippen LogP) is 3.64. The second-order valence-electron chi connectivity index (χ2n) is 5.47. The molecule has 24 heavy (non-hydrogen) atoms. The molecule has 0 unspecified atom stereocenters. The SMILES string of the molecule is O=C(CCCCCc1ccccc1)Oc1ccc(S(=O)(=O)O)cc1. The van der Waals surface area contributed by atoms with E-state index in [-0.39, 0.29) is 16.6 Å². The van der Waals surface area contributed by atoms with Gasteiger partial charge in [-0.2, -0.15) is 8.42 Å². The van der Waals surface area contributed by atoms with Gasteiger partial charge in [0.05, 0.1) is 4.90 Å². The van der Waals surface area contributed by atoms with Crippen molar-refractivity contribution in [2.24, 2.45) is 0 Å². The van der Waals surface area contributed by atoms with Gasteiger partial charge in [0, 0.05) is 6.42 Å². The lowest BCUT2D eigenvalue weighted by Crippen LogP contribution is -2.07. The zero-order valence-electron chi connectivity index (χ0n) is 13.2. The average molecular weight is 348 g/mol. The molecule has 0 amide bonds. The van der Waals surface area contributed by atoms with Crippen LogP contribution in [0.4, 0.5) is 0 Å². The van der Waals surface area contributed by atoms with Crippen molar-refractivity contribution in [1.82, 2.24) is 0 Å². The summed E-state index contributed by atoms with van der Waals surface area (Å²) >= 11 is 0. The van der Waals surface area contributed by atoms with Gasteiger partial charge in [-0.25, -0.2) is 0 Å². The first kappa shape index (κ1) is 18.2. The summed E-state index contributed by atoms with van der Waals surface area (Å²) < 4.78 is 35.8. The molecule has 2 aromatic carbocycles. The van der Waals surface area contributed by atoms with E-state index in [9.17, 15) is 13.2 Å². The van der Waals surface area contributed by atoms with Crippen LogP contribution >= 0.6 is 0 Å². The van der Waals surface area contributed by atoms with E-state index in [1.54, 1.807) is 0 Å². The van der Waals surface area contributed by atoms with Crippen LogP contribution in [-0.4, -0.2) is 18.9 Å². The summed E-state index contributed by atoms with van der Waals surface area (Å²) in [5, 5.41) is 0. The second kappa shape index (κ2) is 8.61. The number of hydrogen-bond acceptors (Lipinski definition) is 4. The highest BCUT2D eigenvalue weighted by atomic mass is 32.2. The molecule has 128 valence electrons. The third-order valence-corrected chi connectivity index (χ3v) is 4.41. The molecule has 5 nitrogen and oxygen atoms in total. The van der Waals surface area contributed by atoms with Gasteiger partial charge in [-0.15, -0.1) is 0 Å². The Kier molecular flexibility index (Phi) is 6.52. The minimum atomic E-state index is -4.23. The van der Waals surface area contributed by atoms with E-state index in [0.29, 0.717) is 6.42 Å². The maximum Gasteiger partial charge on any atom is 0.311 e. The molecule has 0 radical (unpaired) electrons. The Hall–Kier alpha value is -2.18. The van der Waals surface area contributed by atoms with Crippen molar-refractivity contribution in [3.8, 4) is 5.75 Å². The molecule has 0 aliphatic carbocycles. The van der Waals surface area contributed by atoms with Gasteiger partial charge in [-0.1, -0.05) is 36.8 Å². The average Bonchev–Trinajstić information content (AvgIpc) is 2.55. The van der Waals surface area contributed by atoms with E-state index < -0.39 is 10.1 Å². The van der Waals surface area contributed by atoms with Crippen molar-refractivity contribution in [2.45, 2.75) is 37.0 Å². The molecule has 0 heterocycles. The van der Waals surface area contributed by atoms with E-state index in [1.807, 2.05) is 18.2 Å². The van der Waals surface area contributed by atoms with E-state index in [2.05, 4.69) is 12.1 Å². The van der Waals surface area contributed by atoms with Crippen LogP contribution in [0.3, 0.4) is 0 Å². The van der Waals surface area contributed by atoms with Crippen molar-refractivity contribution < 1.29 is 22.5 Å². The fourth-order valence-electron chi connectivity index (χ4n) is 2.28. The molecule has 0 saturated carbocycles. The van der Waals surface area contributed by atoms with E-state index in [4.69, 9.17) is 9.29 Å². The largest absolute Gasteiger partial charge is 0.427 e. The molecular formula is C18H20O5S. The summed E-state index contributed by atoms with van der Waals surface area (Å²) in [5.41, 5.74) is 1.29. The fourth-order valence-corrected chi connectivity index (χ4v) is 2.76. The molecule has 0 aromatic heterocycles. The van der Waals surface area contributed by atoms with Gasteiger partial charge in [-0.3, -0.25) is 9.35 Å². The molecular weight excluding hydrogens is 328 g/mol. The van der Waals surface area contributed by atoms with E-state index >= 15 is 0 Å². The zero-order valence-corrected chi connectivity index (χ0v) is 14.0. The van der Waals surface area contributed by atoms with Crippen molar-refractivity contribution in [3.05, 3.63) is 60.2 Å². The predicted molar refractivity (Wildman–Crippen MR) is 90.5 cm³/mol. The minimum absolute atomic E-state index is 0.233. The number of hydrogen-bond donors (Lipinski definition) is 1. The Balaban J connectivity index is 1.68. The first-order valence-electron chi connectivity index (χ1n) is 7.77. The smallest absolute Gasteiger partial charge is 0.311 e. The molecule has 2 aromatic rings. The number of unbranched alkanes of at least 4 members (excludes halogenated alkanes) is 2. The van der Waals surface area contributed by atoms with Crippen molar-refractivity contribution >= 4 is 16.1 Å². The highest BCUT2D eigenvalue weighted by molar-refractivity contribution is 7.85. The van der Waals surface area contributed by atoms with Crippen LogP contribution in [0.25, 0.3) is 0 Å². The van der Waals surface area contributed by atoms with Gasteiger partial charge < -0.3 is 4.74 Å². The maximum atomic E-state index is 11.7. The monoisotopic (exact) mass is 348 g/mol. The Labute approximate surface area is 142 Å². The standard InChI is InChI=1S/C18H20O5S/c19-18(10-6-2-5-9-15-7-3-1-4-8-15)23-16-11-13-17(14-12-16)24(20,21)22/h1,3-4,7-8,11-14H,2,5-6,9-10H2,(H,20,21,22). The lowest BCUT2D eigenvalue weighted by molar-refractivity contribution is -0.134. The molecule has 1 N–H and O–H groups in total. The summed E-state index contributed by atoms with van der Waals surface area (Å²) in [6, 6.07) is 15.3. The quantitative estimate of drug-likeness (QED) is 0.341. The summed E-state index contributed by atoms with van der Waals surface area (Å²) in [4.78, 5) is 11.5.